The van der Waals surface area contributed by atoms with Gasteiger partial charge < -0.3 is 10.0 Å². The number of pyridine rings is 1. The van der Waals surface area contributed by atoms with Gasteiger partial charge in [-0.1, -0.05) is 6.92 Å². The topological polar surface area (TPSA) is 70.5 Å². The number of anilines is 1. The molecule has 1 fully saturated rings. The molecule has 2 rings (SSSR count). The summed E-state index contributed by atoms with van der Waals surface area (Å²) in [5, 5.41) is 9.22. The number of carbonyl (C=O) groups is 2. The van der Waals surface area contributed by atoms with Crippen LogP contribution in [0.5, 0.6) is 0 Å². The lowest BCUT2D eigenvalue weighted by Crippen LogP contribution is -2.36. The molecule has 5 heteroatoms. The van der Waals surface area contributed by atoms with Gasteiger partial charge in [0.25, 0.3) is 0 Å². The van der Waals surface area contributed by atoms with Crippen LogP contribution in [0.1, 0.15) is 19.8 Å². The van der Waals surface area contributed by atoms with Crippen LogP contribution in [0.15, 0.2) is 24.5 Å². The van der Waals surface area contributed by atoms with Crippen molar-refractivity contribution < 1.29 is 14.7 Å². The highest BCUT2D eigenvalue weighted by atomic mass is 16.4. The quantitative estimate of drug-likeness (QED) is 0.901. The normalized spacial score (nSPS) is 26.1. The van der Waals surface area contributed by atoms with E-state index >= 15 is 0 Å². The van der Waals surface area contributed by atoms with E-state index in [4.69, 9.17) is 0 Å². The number of amides is 1. The Morgan fingerprint density at radius 1 is 1.26 bits per heavy atom. The summed E-state index contributed by atoms with van der Waals surface area (Å²) in [6, 6.07) is 3.48. The molecule has 1 N–H and O–H groups in total. The summed E-state index contributed by atoms with van der Waals surface area (Å²) in [6.07, 6.45) is 4.46. The van der Waals surface area contributed by atoms with E-state index in [9.17, 15) is 14.7 Å². The van der Waals surface area contributed by atoms with Gasteiger partial charge in [-0.25, -0.2) is 0 Å². The molecule has 0 aliphatic heterocycles. The van der Waals surface area contributed by atoms with Crippen molar-refractivity contribution in [1.82, 2.24) is 4.98 Å². The first kappa shape index (κ1) is 13.5. The molecule has 1 aromatic rings. The van der Waals surface area contributed by atoms with Crippen molar-refractivity contribution in [3.05, 3.63) is 24.5 Å². The lowest BCUT2D eigenvalue weighted by molar-refractivity contribution is -0.145. The van der Waals surface area contributed by atoms with Gasteiger partial charge in [-0.3, -0.25) is 14.6 Å². The van der Waals surface area contributed by atoms with E-state index in [1.54, 1.807) is 31.6 Å². The van der Waals surface area contributed by atoms with Crippen LogP contribution in [0.2, 0.25) is 0 Å². The second-order valence-electron chi connectivity index (χ2n) is 5.23. The molecule has 0 bridgehead atoms. The number of aliphatic carboxylic acids is 1. The van der Waals surface area contributed by atoms with Gasteiger partial charge in [0.1, 0.15) is 0 Å². The molecule has 1 saturated carbocycles. The highest BCUT2D eigenvalue weighted by Gasteiger charge is 2.42. The minimum atomic E-state index is -0.870. The van der Waals surface area contributed by atoms with Gasteiger partial charge in [-0.05, 0) is 30.9 Å². The number of aromatic nitrogens is 1. The van der Waals surface area contributed by atoms with Crippen molar-refractivity contribution in [1.29, 1.82) is 0 Å². The van der Waals surface area contributed by atoms with Gasteiger partial charge in [0.2, 0.25) is 5.91 Å². The van der Waals surface area contributed by atoms with Gasteiger partial charge in [0.15, 0.2) is 0 Å². The van der Waals surface area contributed by atoms with Crippen LogP contribution >= 0.6 is 0 Å². The first-order valence-electron chi connectivity index (χ1n) is 6.41. The smallest absolute Gasteiger partial charge is 0.307 e. The third kappa shape index (κ3) is 2.75. The summed E-state index contributed by atoms with van der Waals surface area (Å²) in [7, 11) is 1.68. The third-order valence-electron chi connectivity index (χ3n) is 3.81. The minimum Gasteiger partial charge on any atom is -0.481 e. The molecule has 0 aromatic carbocycles. The second-order valence-corrected chi connectivity index (χ2v) is 5.23. The van der Waals surface area contributed by atoms with Crippen LogP contribution in [-0.2, 0) is 9.59 Å². The Morgan fingerprint density at radius 3 is 2.42 bits per heavy atom. The van der Waals surface area contributed by atoms with E-state index in [2.05, 4.69) is 4.98 Å². The van der Waals surface area contributed by atoms with Gasteiger partial charge in [-0.2, -0.15) is 0 Å². The summed E-state index contributed by atoms with van der Waals surface area (Å²) < 4.78 is 0. The van der Waals surface area contributed by atoms with E-state index in [0.29, 0.717) is 12.8 Å². The van der Waals surface area contributed by atoms with E-state index in [0.717, 1.165) is 5.69 Å². The molecule has 5 nitrogen and oxygen atoms in total. The number of hydrogen-bond donors (Lipinski definition) is 1. The summed E-state index contributed by atoms with van der Waals surface area (Å²) in [4.78, 5) is 29.1. The molecule has 1 amide bonds. The zero-order chi connectivity index (χ0) is 14.0. The first-order valence-corrected chi connectivity index (χ1v) is 6.41. The lowest BCUT2D eigenvalue weighted by atomic mass is 9.95. The highest BCUT2D eigenvalue weighted by molar-refractivity contribution is 5.97. The van der Waals surface area contributed by atoms with Crippen LogP contribution in [0.25, 0.3) is 0 Å². The van der Waals surface area contributed by atoms with Gasteiger partial charge in [-0.15, -0.1) is 0 Å². The van der Waals surface area contributed by atoms with Crippen molar-refractivity contribution in [3.63, 3.8) is 0 Å². The highest BCUT2D eigenvalue weighted by Crippen LogP contribution is 2.37. The second kappa shape index (κ2) is 5.38. The fraction of sp³-hybridized carbons (Fsp3) is 0.500. The van der Waals surface area contributed by atoms with Crippen molar-refractivity contribution in [2.45, 2.75) is 19.8 Å². The van der Waals surface area contributed by atoms with E-state index in [1.165, 1.54) is 4.90 Å². The van der Waals surface area contributed by atoms with E-state index in [1.807, 2.05) is 6.92 Å². The molecule has 3 unspecified atom stereocenters. The monoisotopic (exact) mass is 262 g/mol. The molecule has 1 aliphatic rings. The van der Waals surface area contributed by atoms with Crippen molar-refractivity contribution in [3.8, 4) is 0 Å². The number of rotatable bonds is 3. The molecule has 3 atom stereocenters. The number of carboxylic acid groups (broad SMARTS) is 1. The molecule has 0 spiro atoms. The Balaban J connectivity index is 2.17. The summed E-state index contributed by atoms with van der Waals surface area (Å²) in [5.74, 6) is -1.70. The van der Waals surface area contributed by atoms with Crippen molar-refractivity contribution >= 4 is 17.6 Å². The van der Waals surface area contributed by atoms with Crippen LogP contribution in [-0.4, -0.2) is 29.0 Å². The van der Waals surface area contributed by atoms with Crippen molar-refractivity contribution in [2.24, 2.45) is 17.8 Å². The van der Waals surface area contributed by atoms with Gasteiger partial charge in [0.05, 0.1) is 11.8 Å². The number of hydrogen-bond acceptors (Lipinski definition) is 3. The standard InChI is InChI=1S/C14H18N2O3/c1-9-7-11(12(8-9)14(18)19)13(17)16(2)10-3-5-15-6-4-10/h3-6,9,11-12H,7-8H2,1-2H3,(H,18,19). The summed E-state index contributed by atoms with van der Waals surface area (Å²) >= 11 is 0. The number of carbonyl (C=O) groups excluding carboxylic acids is 1. The molecule has 1 aliphatic carbocycles. The van der Waals surface area contributed by atoms with E-state index < -0.39 is 17.8 Å². The molecule has 0 radical (unpaired) electrons. The Morgan fingerprint density at radius 2 is 1.84 bits per heavy atom. The van der Waals surface area contributed by atoms with Crippen molar-refractivity contribution in [2.75, 3.05) is 11.9 Å². The van der Waals surface area contributed by atoms with Gasteiger partial charge >= 0.3 is 5.97 Å². The molecule has 0 saturated heterocycles. The molecule has 102 valence electrons. The van der Waals surface area contributed by atoms with Crippen LogP contribution in [0.4, 0.5) is 5.69 Å². The maximum atomic E-state index is 12.4. The predicted molar refractivity (Wildman–Crippen MR) is 70.7 cm³/mol. The van der Waals surface area contributed by atoms with Crippen LogP contribution in [0.3, 0.4) is 0 Å². The average Bonchev–Trinajstić information content (AvgIpc) is 2.80. The average molecular weight is 262 g/mol. The minimum absolute atomic E-state index is 0.122. The molecule has 1 aromatic heterocycles. The Labute approximate surface area is 112 Å². The Bertz CT molecular complexity index is 475. The van der Waals surface area contributed by atoms with Gasteiger partial charge in [0, 0.05) is 25.1 Å². The fourth-order valence-electron chi connectivity index (χ4n) is 2.78. The summed E-state index contributed by atoms with van der Waals surface area (Å²) in [5.41, 5.74) is 0.740. The molecular formula is C14H18N2O3. The molecular weight excluding hydrogens is 244 g/mol. The number of nitrogens with zero attached hydrogens (tertiary/aromatic N) is 2. The summed E-state index contributed by atoms with van der Waals surface area (Å²) in [6.45, 7) is 2.00. The lowest BCUT2D eigenvalue weighted by Gasteiger charge is -2.23. The largest absolute Gasteiger partial charge is 0.481 e. The fourth-order valence-corrected chi connectivity index (χ4v) is 2.78. The maximum absolute atomic E-state index is 12.4. The van der Waals surface area contributed by atoms with Crippen LogP contribution < -0.4 is 4.90 Å². The molecule has 1 heterocycles. The zero-order valence-corrected chi connectivity index (χ0v) is 11.1. The Hall–Kier alpha value is -1.91. The zero-order valence-electron chi connectivity index (χ0n) is 11.1. The molecule has 19 heavy (non-hydrogen) atoms. The van der Waals surface area contributed by atoms with E-state index in [-0.39, 0.29) is 11.8 Å². The predicted octanol–water partition coefficient (Wildman–Crippen LogP) is 1.79. The number of carboxylic acids is 1. The SMILES string of the molecule is CC1CC(C(=O)O)C(C(=O)N(C)c2ccncc2)C1. The Kier molecular flexibility index (Phi) is 3.83. The maximum Gasteiger partial charge on any atom is 0.307 e. The third-order valence-corrected chi connectivity index (χ3v) is 3.81. The van der Waals surface area contributed by atoms with Crippen LogP contribution in [0, 0.1) is 17.8 Å². The first-order chi connectivity index (χ1) is 9.00.